The van der Waals surface area contributed by atoms with E-state index < -0.39 is 12.0 Å². The van der Waals surface area contributed by atoms with Gasteiger partial charge < -0.3 is 5.32 Å². The van der Waals surface area contributed by atoms with Crippen molar-refractivity contribution in [2.75, 3.05) is 5.32 Å². The summed E-state index contributed by atoms with van der Waals surface area (Å²) in [5.74, 6) is -1.30. The monoisotopic (exact) mass is 339 g/mol. The van der Waals surface area contributed by atoms with Crippen LogP contribution in [0.4, 0.5) is 23.4 Å². The molecule has 0 bridgehead atoms. The van der Waals surface area contributed by atoms with Crippen molar-refractivity contribution in [3.63, 3.8) is 0 Å². The molecule has 1 aromatic carbocycles. The maximum Gasteiger partial charge on any atom is 0.453 e. The number of aromatic nitrogens is 4. The Morgan fingerprint density at radius 3 is 2.42 bits per heavy atom. The van der Waals surface area contributed by atoms with E-state index in [9.17, 15) is 17.6 Å². The standard InChI is InChI=1S/C15H13F4N5/c1-2-11(9-3-5-10(16)6-4-9)20-12-7-8-13-21-22-14(15(17,18)19)24(13)23-12/h3-8,11H,2H2,1H3,(H,20,23)/t11-/m1/s1. The van der Waals surface area contributed by atoms with Crippen LogP contribution in [0.1, 0.15) is 30.8 Å². The van der Waals surface area contributed by atoms with E-state index >= 15 is 0 Å². The molecule has 1 atom stereocenters. The average molecular weight is 339 g/mol. The molecule has 5 nitrogen and oxygen atoms in total. The molecule has 126 valence electrons. The van der Waals surface area contributed by atoms with Crippen LogP contribution in [-0.4, -0.2) is 19.8 Å². The molecule has 0 aliphatic carbocycles. The van der Waals surface area contributed by atoms with Crippen molar-refractivity contribution in [1.29, 1.82) is 0 Å². The summed E-state index contributed by atoms with van der Waals surface area (Å²) in [6, 6.07) is 8.60. The molecule has 0 radical (unpaired) electrons. The second-order valence-electron chi connectivity index (χ2n) is 5.17. The number of anilines is 1. The van der Waals surface area contributed by atoms with Crippen LogP contribution in [0.3, 0.4) is 0 Å². The third-order valence-electron chi connectivity index (χ3n) is 3.52. The fourth-order valence-corrected chi connectivity index (χ4v) is 2.34. The van der Waals surface area contributed by atoms with Gasteiger partial charge in [0.2, 0.25) is 0 Å². The number of hydrogen-bond donors (Lipinski definition) is 1. The first-order chi connectivity index (χ1) is 11.4. The van der Waals surface area contributed by atoms with Gasteiger partial charge in [0.15, 0.2) is 5.65 Å². The zero-order valence-electron chi connectivity index (χ0n) is 12.5. The van der Waals surface area contributed by atoms with Gasteiger partial charge in [0, 0.05) is 0 Å². The number of hydrogen-bond acceptors (Lipinski definition) is 4. The van der Waals surface area contributed by atoms with Crippen LogP contribution in [-0.2, 0) is 6.18 Å². The third-order valence-corrected chi connectivity index (χ3v) is 3.52. The van der Waals surface area contributed by atoms with Crippen molar-refractivity contribution in [2.45, 2.75) is 25.6 Å². The maximum atomic E-state index is 13.0. The quantitative estimate of drug-likeness (QED) is 0.734. The van der Waals surface area contributed by atoms with Gasteiger partial charge >= 0.3 is 6.18 Å². The fraction of sp³-hybridized carbons (Fsp3) is 0.267. The van der Waals surface area contributed by atoms with Crippen LogP contribution in [0.15, 0.2) is 36.4 Å². The average Bonchev–Trinajstić information content (AvgIpc) is 2.97. The molecule has 9 heteroatoms. The van der Waals surface area contributed by atoms with E-state index in [2.05, 4.69) is 20.6 Å². The van der Waals surface area contributed by atoms with Gasteiger partial charge in [0.05, 0.1) is 6.04 Å². The minimum absolute atomic E-state index is 0.00251. The molecular weight excluding hydrogens is 326 g/mol. The highest BCUT2D eigenvalue weighted by molar-refractivity contribution is 5.45. The lowest BCUT2D eigenvalue weighted by Crippen LogP contribution is -2.15. The first kappa shape index (κ1) is 16.2. The maximum absolute atomic E-state index is 13.0. The van der Waals surface area contributed by atoms with Crippen LogP contribution in [0.2, 0.25) is 0 Å². The molecule has 3 aromatic rings. The fourth-order valence-electron chi connectivity index (χ4n) is 2.34. The van der Waals surface area contributed by atoms with Gasteiger partial charge in [-0.2, -0.15) is 17.7 Å². The lowest BCUT2D eigenvalue weighted by Gasteiger charge is -2.18. The number of nitrogens with zero attached hydrogens (tertiary/aromatic N) is 4. The summed E-state index contributed by atoms with van der Waals surface area (Å²) in [6.07, 6.45) is -4.01. The minimum Gasteiger partial charge on any atom is -0.362 e. The molecule has 0 saturated heterocycles. The van der Waals surface area contributed by atoms with E-state index in [-0.39, 0.29) is 23.3 Å². The Balaban J connectivity index is 1.92. The molecule has 0 saturated carbocycles. The molecule has 0 aliphatic rings. The van der Waals surface area contributed by atoms with Crippen LogP contribution in [0.5, 0.6) is 0 Å². The highest BCUT2D eigenvalue weighted by Crippen LogP contribution is 2.28. The molecule has 1 N–H and O–H groups in total. The van der Waals surface area contributed by atoms with Crippen LogP contribution in [0.25, 0.3) is 5.65 Å². The largest absolute Gasteiger partial charge is 0.453 e. The number of nitrogens with one attached hydrogen (secondary N) is 1. The van der Waals surface area contributed by atoms with Crippen molar-refractivity contribution in [3.05, 3.63) is 53.6 Å². The van der Waals surface area contributed by atoms with Gasteiger partial charge in [-0.3, -0.25) is 0 Å². The van der Waals surface area contributed by atoms with E-state index in [0.717, 1.165) is 5.56 Å². The molecule has 24 heavy (non-hydrogen) atoms. The van der Waals surface area contributed by atoms with Crippen LogP contribution >= 0.6 is 0 Å². The van der Waals surface area contributed by atoms with Crippen LogP contribution < -0.4 is 5.32 Å². The Labute approximate surface area is 134 Å². The van der Waals surface area contributed by atoms with Gasteiger partial charge in [-0.25, -0.2) is 4.39 Å². The van der Waals surface area contributed by atoms with E-state index in [1.54, 1.807) is 12.1 Å². The topological polar surface area (TPSA) is 55.1 Å². The summed E-state index contributed by atoms with van der Waals surface area (Å²) < 4.78 is 52.4. The molecule has 2 heterocycles. The van der Waals surface area contributed by atoms with Gasteiger partial charge in [-0.05, 0) is 36.2 Å². The Morgan fingerprint density at radius 2 is 1.79 bits per heavy atom. The van der Waals surface area contributed by atoms with Crippen LogP contribution in [0, 0.1) is 5.82 Å². The first-order valence-electron chi connectivity index (χ1n) is 7.20. The lowest BCUT2D eigenvalue weighted by molar-refractivity contribution is -0.146. The molecule has 3 rings (SSSR count). The molecule has 0 amide bonds. The third kappa shape index (κ3) is 3.15. The Hall–Kier alpha value is -2.71. The van der Waals surface area contributed by atoms with Crippen molar-refractivity contribution < 1.29 is 17.6 Å². The van der Waals surface area contributed by atoms with Crippen molar-refractivity contribution in [2.24, 2.45) is 0 Å². The number of alkyl halides is 3. The summed E-state index contributed by atoms with van der Waals surface area (Å²) in [5.41, 5.74) is 0.809. The van der Waals surface area contributed by atoms with E-state index in [0.29, 0.717) is 10.9 Å². The minimum atomic E-state index is -4.65. The first-order valence-corrected chi connectivity index (χ1v) is 7.20. The number of fused-ring (bicyclic) bond motifs is 1. The predicted molar refractivity (Wildman–Crippen MR) is 78.8 cm³/mol. The van der Waals surface area contributed by atoms with Crippen molar-refractivity contribution in [1.82, 2.24) is 19.8 Å². The number of halogens is 4. The summed E-state index contributed by atoms with van der Waals surface area (Å²) in [7, 11) is 0. The zero-order valence-corrected chi connectivity index (χ0v) is 12.5. The second kappa shape index (κ2) is 6.06. The van der Waals surface area contributed by atoms with Gasteiger partial charge in [-0.1, -0.05) is 19.1 Å². The number of benzene rings is 1. The Morgan fingerprint density at radius 1 is 1.08 bits per heavy atom. The second-order valence-corrected chi connectivity index (χ2v) is 5.17. The van der Waals surface area contributed by atoms with E-state index in [1.807, 2.05) is 6.92 Å². The zero-order chi connectivity index (χ0) is 17.3. The Bertz CT molecular complexity index is 841. The molecule has 0 aliphatic heterocycles. The van der Waals surface area contributed by atoms with Gasteiger partial charge in [0.25, 0.3) is 5.82 Å². The molecule has 2 aromatic heterocycles. The summed E-state index contributed by atoms with van der Waals surface area (Å²) in [4.78, 5) is 0. The summed E-state index contributed by atoms with van der Waals surface area (Å²) >= 11 is 0. The Kier molecular flexibility index (Phi) is 4.08. The smallest absolute Gasteiger partial charge is 0.362 e. The predicted octanol–water partition coefficient (Wildman–Crippen LogP) is 3.85. The highest BCUT2D eigenvalue weighted by Gasteiger charge is 2.37. The van der Waals surface area contributed by atoms with E-state index in [4.69, 9.17) is 0 Å². The highest BCUT2D eigenvalue weighted by atomic mass is 19.4. The van der Waals surface area contributed by atoms with Gasteiger partial charge in [-0.15, -0.1) is 15.3 Å². The molecule has 0 spiro atoms. The molecule has 0 fully saturated rings. The van der Waals surface area contributed by atoms with Crippen molar-refractivity contribution >= 4 is 11.5 Å². The lowest BCUT2D eigenvalue weighted by atomic mass is 10.0. The van der Waals surface area contributed by atoms with Gasteiger partial charge in [0.1, 0.15) is 11.6 Å². The summed E-state index contributed by atoms with van der Waals surface area (Å²) in [6.45, 7) is 1.90. The molecular formula is C15H13F4N5. The van der Waals surface area contributed by atoms with Crippen molar-refractivity contribution in [3.8, 4) is 0 Å². The normalized spacial score (nSPS) is 13.2. The van der Waals surface area contributed by atoms with E-state index in [1.165, 1.54) is 24.3 Å². The number of rotatable bonds is 4. The summed E-state index contributed by atoms with van der Waals surface area (Å²) in [5, 5.41) is 13.6. The SMILES string of the molecule is CC[C@@H](Nc1ccc2nnc(C(F)(F)F)n2n1)c1ccc(F)cc1. The molecule has 0 unspecified atom stereocenters.